The van der Waals surface area contributed by atoms with Gasteiger partial charge in [0, 0.05) is 12.5 Å². The maximum Gasteiger partial charge on any atom is 0.389 e. The number of halogens is 4. The molecule has 0 amide bonds. The molecule has 0 aliphatic carbocycles. The molecule has 0 aliphatic heterocycles. The van der Waals surface area contributed by atoms with Crippen LogP contribution in [0.2, 0.25) is 0 Å². The molecule has 1 aromatic carbocycles. The topological polar surface area (TPSA) is 26.0 Å². The highest BCUT2D eigenvalue weighted by atomic mass is 19.4. The van der Waals surface area contributed by atoms with E-state index in [0.717, 1.165) is 0 Å². The zero-order valence-corrected chi connectivity index (χ0v) is 8.81. The number of hydrogen-bond donors (Lipinski definition) is 1. The van der Waals surface area contributed by atoms with Crippen LogP contribution in [-0.2, 0) is 0 Å². The molecule has 0 bridgehead atoms. The smallest absolute Gasteiger partial charge is 0.324 e. The van der Waals surface area contributed by atoms with Gasteiger partial charge in [-0.2, -0.15) is 13.2 Å². The Balaban J connectivity index is 2.73. The molecule has 90 valence electrons. The van der Waals surface area contributed by atoms with Gasteiger partial charge < -0.3 is 5.73 Å². The Morgan fingerprint density at radius 3 is 2.50 bits per heavy atom. The van der Waals surface area contributed by atoms with Gasteiger partial charge in [0.25, 0.3) is 0 Å². The molecule has 0 fully saturated rings. The summed E-state index contributed by atoms with van der Waals surface area (Å²) in [6.45, 7) is 1.70. The van der Waals surface area contributed by atoms with Crippen molar-refractivity contribution >= 4 is 0 Å². The van der Waals surface area contributed by atoms with Crippen LogP contribution in [-0.4, -0.2) is 6.18 Å². The van der Waals surface area contributed by atoms with E-state index in [0.29, 0.717) is 11.1 Å². The standard InChI is InChI=1S/C11H13F4N/c1-7-2-3-8(12)6-9(7)10(16)4-5-11(13,14)15/h2-3,6,10H,4-5,16H2,1H3. The zero-order valence-electron chi connectivity index (χ0n) is 8.81. The first-order chi connectivity index (χ1) is 7.29. The Labute approximate surface area is 91.3 Å². The lowest BCUT2D eigenvalue weighted by atomic mass is 9.98. The lowest BCUT2D eigenvalue weighted by Crippen LogP contribution is -2.16. The Bertz CT molecular complexity index is 359. The second kappa shape index (κ2) is 4.82. The number of alkyl halides is 3. The SMILES string of the molecule is Cc1ccc(F)cc1C(N)CCC(F)(F)F. The van der Waals surface area contributed by atoms with Crippen molar-refractivity contribution in [3.05, 3.63) is 35.1 Å². The van der Waals surface area contributed by atoms with E-state index in [2.05, 4.69) is 0 Å². The van der Waals surface area contributed by atoms with Crippen LogP contribution in [0.25, 0.3) is 0 Å². The Kier molecular flexibility index (Phi) is 3.91. The van der Waals surface area contributed by atoms with Crippen molar-refractivity contribution in [2.24, 2.45) is 5.73 Å². The van der Waals surface area contributed by atoms with Gasteiger partial charge in [-0.3, -0.25) is 0 Å². The largest absolute Gasteiger partial charge is 0.389 e. The van der Waals surface area contributed by atoms with Gasteiger partial charge in [0.2, 0.25) is 0 Å². The lowest BCUT2D eigenvalue weighted by molar-refractivity contribution is -0.136. The van der Waals surface area contributed by atoms with E-state index >= 15 is 0 Å². The maximum atomic E-state index is 12.9. The van der Waals surface area contributed by atoms with Gasteiger partial charge in [0.15, 0.2) is 0 Å². The molecule has 0 aromatic heterocycles. The minimum Gasteiger partial charge on any atom is -0.324 e. The summed E-state index contributed by atoms with van der Waals surface area (Å²) in [4.78, 5) is 0. The van der Waals surface area contributed by atoms with E-state index in [-0.39, 0.29) is 6.42 Å². The third-order valence-corrected chi connectivity index (χ3v) is 2.38. The maximum absolute atomic E-state index is 12.9. The fourth-order valence-electron chi connectivity index (χ4n) is 1.49. The van der Waals surface area contributed by atoms with E-state index in [1.807, 2.05) is 0 Å². The molecule has 1 atom stereocenters. The lowest BCUT2D eigenvalue weighted by Gasteiger charge is -2.15. The van der Waals surface area contributed by atoms with Crippen molar-refractivity contribution < 1.29 is 17.6 Å². The Morgan fingerprint density at radius 2 is 1.94 bits per heavy atom. The summed E-state index contributed by atoms with van der Waals surface area (Å²) in [5.41, 5.74) is 6.74. The molecule has 0 heterocycles. The van der Waals surface area contributed by atoms with Crippen molar-refractivity contribution in [2.45, 2.75) is 32.0 Å². The van der Waals surface area contributed by atoms with Gasteiger partial charge in [-0.15, -0.1) is 0 Å². The van der Waals surface area contributed by atoms with E-state index in [9.17, 15) is 17.6 Å². The van der Waals surface area contributed by atoms with Crippen molar-refractivity contribution in [3.8, 4) is 0 Å². The van der Waals surface area contributed by atoms with E-state index < -0.39 is 24.5 Å². The van der Waals surface area contributed by atoms with Crippen molar-refractivity contribution in [1.82, 2.24) is 0 Å². The first kappa shape index (κ1) is 13.0. The van der Waals surface area contributed by atoms with E-state index in [1.165, 1.54) is 18.2 Å². The summed E-state index contributed by atoms with van der Waals surface area (Å²) >= 11 is 0. The van der Waals surface area contributed by atoms with E-state index in [4.69, 9.17) is 5.73 Å². The minimum atomic E-state index is -4.22. The molecule has 1 aromatic rings. The second-order valence-corrected chi connectivity index (χ2v) is 3.76. The summed E-state index contributed by atoms with van der Waals surface area (Å²) in [6.07, 6.45) is -5.41. The second-order valence-electron chi connectivity index (χ2n) is 3.76. The predicted octanol–water partition coefficient (Wildman–Crippen LogP) is 3.48. The minimum absolute atomic E-state index is 0.228. The fourth-order valence-corrected chi connectivity index (χ4v) is 1.49. The summed E-state index contributed by atoms with van der Waals surface area (Å²) in [5, 5.41) is 0. The number of aryl methyl sites for hydroxylation is 1. The van der Waals surface area contributed by atoms with Gasteiger partial charge in [-0.25, -0.2) is 4.39 Å². The van der Waals surface area contributed by atoms with Gasteiger partial charge in [0.05, 0.1) is 0 Å². The number of benzene rings is 1. The molecule has 0 saturated carbocycles. The third-order valence-electron chi connectivity index (χ3n) is 2.38. The third kappa shape index (κ3) is 3.81. The molecule has 0 radical (unpaired) electrons. The predicted molar refractivity (Wildman–Crippen MR) is 53.4 cm³/mol. The van der Waals surface area contributed by atoms with Crippen LogP contribution in [0.4, 0.5) is 17.6 Å². The van der Waals surface area contributed by atoms with Crippen LogP contribution in [0.5, 0.6) is 0 Å². The molecule has 2 N–H and O–H groups in total. The monoisotopic (exact) mass is 235 g/mol. The van der Waals surface area contributed by atoms with E-state index in [1.54, 1.807) is 6.92 Å². The first-order valence-electron chi connectivity index (χ1n) is 4.88. The summed E-state index contributed by atoms with van der Waals surface area (Å²) < 4.78 is 48.8. The summed E-state index contributed by atoms with van der Waals surface area (Å²) in [7, 11) is 0. The molecule has 0 saturated heterocycles. The summed E-state index contributed by atoms with van der Waals surface area (Å²) in [5.74, 6) is -0.483. The molecule has 16 heavy (non-hydrogen) atoms. The normalized spacial score (nSPS) is 13.9. The first-order valence-corrected chi connectivity index (χ1v) is 4.88. The quantitative estimate of drug-likeness (QED) is 0.797. The highest BCUT2D eigenvalue weighted by molar-refractivity contribution is 5.29. The number of nitrogens with two attached hydrogens (primary N) is 1. The van der Waals surface area contributed by atoms with Crippen LogP contribution in [0.15, 0.2) is 18.2 Å². The average Bonchev–Trinajstić information content (AvgIpc) is 2.17. The number of hydrogen-bond acceptors (Lipinski definition) is 1. The van der Waals surface area contributed by atoms with Crippen molar-refractivity contribution in [1.29, 1.82) is 0 Å². The van der Waals surface area contributed by atoms with Crippen LogP contribution >= 0.6 is 0 Å². The molecule has 0 spiro atoms. The van der Waals surface area contributed by atoms with Gasteiger partial charge in [0.1, 0.15) is 5.82 Å². The highest BCUT2D eigenvalue weighted by Gasteiger charge is 2.28. The Hall–Kier alpha value is -1.10. The van der Waals surface area contributed by atoms with Crippen molar-refractivity contribution in [3.63, 3.8) is 0 Å². The van der Waals surface area contributed by atoms with Gasteiger partial charge in [-0.05, 0) is 36.6 Å². The Morgan fingerprint density at radius 1 is 1.31 bits per heavy atom. The summed E-state index contributed by atoms with van der Waals surface area (Å²) in [6, 6.07) is 3.18. The van der Waals surface area contributed by atoms with Crippen LogP contribution in [0.3, 0.4) is 0 Å². The van der Waals surface area contributed by atoms with Gasteiger partial charge >= 0.3 is 6.18 Å². The van der Waals surface area contributed by atoms with Crippen molar-refractivity contribution in [2.75, 3.05) is 0 Å². The molecule has 1 unspecified atom stereocenters. The fraction of sp³-hybridized carbons (Fsp3) is 0.455. The molecular formula is C11H13F4N. The van der Waals surface area contributed by atoms with Crippen LogP contribution in [0.1, 0.15) is 30.0 Å². The molecular weight excluding hydrogens is 222 g/mol. The molecule has 1 nitrogen and oxygen atoms in total. The van der Waals surface area contributed by atoms with Crippen LogP contribution in [0, 0.1) is 12.7 Å². The highest BCUT2D eigenvalue weighted by Crippen LogP contribution is 2.27. The van der Waals surface area contributed by atoms with Gasteiger partial charge in [-0.1, -0.05) is 6.07 Å². The molecule has 0 aliphatic rings. The average molecular weight is 235 g/mol. The zero-order chi connectivity index (χ0) is 12.3. The molecule has 1 rings (SSSR count). The van der Waals surface area contributed by atoms with Crippen LogP contribution < -0.4 is 5.73 Å². The number of rotatable bonds is 3. The molecule has 5 heteroatoms.